The molecule has 3 rings (SSSR count). The van der Waals surface area contributed by atoms with E-state index in [0.29, 0.717) is 35.0 Å². The van der Waals surface area contributed by atoms with Gasteiger partial charge in [0.05, 0.1) is 22.1 Å². The van der Waals surface area contributed by atoms with Gasteiger partial charge < -0.3 is 9.52 Å². The fourth-order valence-corrected chi connectivity index (χ4v) is 4.42. The highest BCUT2D eigenvalue weighted by Gasteiger charge is 2.33. The molecule has 0 aliphatic carbocycles. The van der Waals surface area contributed by atoms with Crippen molar-refractivity contribution < 1.29 is 32.3 Å². The molecule has 0 saturated carbocycles. The Morgan fingerprint density at radius 1 is 1.24 bits per heavy atom. The fraction of sp³-hybridized carbons (Fsp3) is 0.273. The van der Waals surface area contributed by atoms with Gasteiger partial charge in [-0.1, -0.05) is 30.4 Å². The van der Waals surface area contributed by atoms with Crippen LogP contribution in [0.1, 0.15) is 42.6 Å². The number of amides is 1. The second-order valence-electron chi connectivity index (χ2n) is 7.15. The van der Waals surface area contributed by atoms with Gasteiger partial charge in [-0.2, -0.15) is 18.4 Å². The van der Waals surface area contributed by atoms with Gasteiger partial charge in [0.2, 0.25) is 0 Å². The van der Waals surface area contributed by atoms with Crippen LogP contribution in [0.2, 0.25) is 0 Å². The molecule has 172 valence electrons. The molecule has 1 fully saturated rings. The number of carbonyl (C=O) groups excluding carboxylic acids is 1. The van der Waals surface area contributed by atoms with Gasteiger partial charge >= 0.3 is 12.1 Å². The average Bonchev–Trinajstić information content (AvgIpc) is 3.32. The van der Waals surface area contributed by atoms with Crippen LogP contribution in [0.4, 0.5) is 13.2 Å². The number of halogens is 3. The van der Waals surface area contributed by atoms with E-state index in [1.807, 2.05) is 0 Å². The van der Waals surface area contributed by atoms with Gasteiger partial charge in [-0.05, 0) is 43.2 Å². The number of carboxylic acid groups (broad SMARTS) is 1. The minimum Gasteiger partial charge on any atom is -0.481 e. The summed E-state index contributed by atoms with van der Waals surface area (Å²) in [5, 5.41) is 17.7. The molecule has 0 radical (unpaired) electrons. The van der Waals surface area contributed by atoms with Crippen LogP contribution in [0.15, 0.2) is 39.7 Å². The molecule has 1 saturated heterocycles. The minimum atomic E-state index is -4.61. The third-order valence-electron chi connectivity index (χ3n) is 4.72. The van der Waals surface area contributed by atoms with Crippen molar-refractivity contribution in [3.05, 3.63) is 52.1 Å². The maximum absolute atomic E-state index is 13.1. The third kappa shape index (κ3) is 6.24. The zero-order valence-corrected chi connectivity index (χ0v) is 18.6. The predicted molar refractivity (Wildman–Crippen MR) is 120 cm³/mol. The number of hydrogen-bond donors (Lipinski definition) is 1. The van der Waals surface area contributed by atoms with Gasteiger partial charge in [0.1, 0.15) is 15.8 Å². The lowest BCUT2D eigenvalue weighted by Crippen LogP contribution is -2.29. The van der Waals surface area contributed by atoms with Crippen LogP contribution in [-0.2, 0) is 15.8 Å². The SMILES string of the molecule is N#Cc1cc(-c2ccc(C=C3SC(=S)N(CCCCCC(=O)O)C3=O)o2)cc(C(F)(F)F)c1. The van der Waals surface area contributed by atoms with Crippen LogP contribution in [0.5, 0.6) is 0 Å². The number of nitrogens with zero attached hydrogens (tertiary/aromatic N) is 2. The first kappa shape index (κ1) is 24.5. The van der Waals surface area contributed by atoms with E-state index in [9.17, 15) is 22.8 Å². The lowest BCUT2D eigenvalue weighted by atomic mass is 10.0. The number of carboxylic acids is 1. The van der Waals surface area contributed by atoms with Gasteiger partial charge in [0.25, 0.3) is 5.91 Å². The first-order valence-corrected chi connectivity index (χ1v) is 11.0. The molecule has 0 unspecified atom stereocenters. The summed E-state index contributed by atoms with van der Waals surface area (Å²) in [5.41, 5.74) is -1.02. The van der Waals surface area contributed by atoms with Crippen LogP contribution in [0, 0.1) is 11.3 Å². The number of unbranched alkanes of at least 4 members (excludes halogenated alkanes) is 2. The molecule has 33 heavy (non-hydrogen) atoms. The van der Waals surface area contributed by atoms with Gasteiger partial charge in [-0.3, -0.25) is 14.5 Å². The zero-order valence-electron chi connectivity index (χ0n) is 17.0. The molecular weight excluding hydrogens is 477 g/mol. The topological polar surface area (TPSA) is 94.5 Å². The van der Waals surface area contributed by atoms with Gasteiger partial charge in [-0.25, -0.2) is 0 Å². The molecule has 1 amide bonds. The molecular formula is C22H17F3N2O4S2. The number of alkyl halides is 3. The normalized spacial score (nSPS) is 15.3. The van der Waals surface area contributed by atoms with E-state index in [2.05, 4.69) is 0 Å². The molecule has 1 aliphatic heterocycles. The first-order valence-electron chi connectivity index (χ1n) is 9.78. The smallest absolute Gasteiger partial charge is 0.416 e. The number of thiocarbonyl (C=S) groups is 1. The number of nitriles is 1. The van der Waals surface area contributed by atoms with Crippen LogP contribution in [0.3, 0.4) is 0 Å². The molecule has 2 heterocycles. The standard InChI is InChI=1S/C22H17F3N2O4S2/c23-22(24,25)15-9-13(12-26)8-14(10-15)17-6-5-16(31-17)11-18-20(30)27(21(32)33-18)7-3-1-2-4-19(28)29/h5-6,8-11H,1-4,7H2,(H,28,29). The van der Waals surface area contributed by atoms with Crippen molar-refractivity contribution in [3.8, 4) is 17.4 Å². The number of benzene rings is 1. The lowest BCUT2D eigenvalue weighted by Gasteiger charge is -2.13. The summed E-state index contributed by atoms with van der Waals surface area (Å²) < 4.78 is 45.4. The van der Waals surface area contributed by atoms with Crippen LogP contribution in [-0.4, -0.2) is 32.7 Å². The summed E-state index contributed by atoms with van der Waals surface area (Å²) in [5.74, 6) is -0.803. The van der Waals surface area contributed by atoms with E-state index in [4.69, 9.17) is 27.0 Å². The van der Waals surface area contributed by atoms with Crippen molar-refractivity contribution in [1.82, 2.24) is 4.90 Å². The van der Waals surface area contributed by atoms with E-state index in [-0.39, 0.29) is 35.0 Å². The molecule has 1 N–H and O–H groups in total. The molecule has 0 spiro atoms. The highest BCUT2D eigenvalue weighted by Crippen LogP contribution is 2.36. The predicted octanol–water partition coefficient (Wildman–Crippen LogP) is 5.68. The average molecular weight is 495 g/mol. The summed E-state index contributed by atoms with van der Waals surface area (Å²) in [7, 11) is 0. The van der Waals surface area contributed by atoms with Crippen molar-refractivity contribution in [1.29, 1.82) is 5.26 Å². The quantitative estimate of drug-likeness (QED) is 0.286. The Labute approximate surface area is 196 Å². The molecule has 0 atom stereocenters. The van der Waals surface area contributed by atoms with E-state index >= 15 is 0 Å². The van der Waals surface area contributed by atoms with Crippen LogP contribution < -0.4 is 0 Å². The minimum absolute atomic E-state index is 0.0703. The number of rotatable bonds is 8. The number of aliphatic carboxylic acids is 1. The first-order chi connectivity index (χ1) is 15.6. The Morgan fingerprint density at radius 3 is 2.67 bits per heavy atom. The summed E-state index contributed by atoms with van der Waals surface area (Å²) in [6, 6.07) is 7.64. The molecule has 1 aliphatic rings. The maximum Gasteiger partial charge on any atom is 0.416 e. The monoisotopic (exact) mass is 494 g/mol. The molecule has 0 bridgehead atoms. The molecule has 2 aromatic rings. The Bertz CT molecular complexity index is 1170. The summed E-state index contributed by atoms with van der Waals surface area (Å²) >= 11 is 6.34. The number of furan rings is 1. The third-order valence-corrected chi connectivity index (χ3v) is 6.10. The summed E-state index contributed by atoms with van der Waals surface area (Å²) in [6.07, 6.45) is -1.32. The van der Waals surface area contributed by atoms with E-state index in [1.54, 1.807) is 6.07 Å². The highest BCUT2D eigenvalue weighted by molar-refractivity contribution is 8.26. The molecule has 1 aromatic heterocycles. The summed E-state index contributed by atoms with van der Waals surface area (Å²) in [4.78, 5) is 25.0. The largest absolute Gasteiger partial charge is 0.481 e. The Kier molecular flexibility index (Phi) is 7.61. The van der Waals surface area contributed by atoms with Crippen molar-refractivity contribution in [2.24, 2.45) is 0 Å². The maximum atomic E-state index is 13.1. The van der Waals surface area contributed by atoms with Crippen LogP contribution >= 0.6 is 24.0 Å². The van der Waals surface area contributed by atoms with Gasteiger partial charge in [0, 0.05) is 24.6 Å². The molecule has 11 heteroatoms. The van der Waals surface area contributed by atoms with Gasteiger partial charge in [-0.15, -0.1) is 0 Å². The van der Waals surface area contributed by atoms with Gasteiger partial charge in [0.15, 0.2) is 0 Å². The number of hydrogen-bond acceptors (Lipinski definition) is 6. The second kappa shape index (κ2) is 10.2. The van der Waals surface area contributed by atoms with Crippen molar-refractivity contribution in [3.63, 3.8) is 0 Å². The van der Waals surface area contributed by atoms with Crippen molar-refractivity contribution >= 4 is 46.3 Å². The lowest BCUT2D eigenvalue weighted by molar-refractivity contribution is -0.138. The second-order valence-corrected chi connectivity index (χ2v) is 8.82. The number of thioether (sulfide) groups is 1. The zero-order chi connectivity index (χ0) is 24.2. The number of carbonyl (C=O) groups is 2. The summed E-state index contributed by atoms with van der Waals surface area (Å²) in [6.45, 7) is 0.367. The Balaban J connectivity index is 1.73. The Hall–Kier alpha value is -3.10. The van der Waals surface area contributed by atoms with Crippen molar-refractivity contribution in [2.75, 3.05) is 6.54 Å². The van der Waals surface area contributed by atoms with E-state index in [1.165, 1.54) is 29.2 Å². The molecule has 1 aromatic carbocycles. The van der Waals surface area contributed by atoms with Crippen LogP contribution in [0.25, 0.3) is 17.4 Å². The Morgan fingerprint density at radius 2 is 2.00 bits per heavy atom. The van der Waals surface area contributed by atoms with E-state index in [0.717, 1.165) is 23.9 Å². The fourth-order valence-electron chi connectivity index (χ4n) is 3.13. The van der Waals surface area contributed by atoms with Crippen molar-refractivity contribution in [2.45, 2.75) is 31.9 Å². The highest BCUT2D eigenvalue weighted by atomic mass is 32.2. The van der Waals surface area contributed by atoms with E-state index < -0.39 is 17.7 Å². The molecule has 6 nitrogen and oxygen atoms in total.